The number of fused-ring (bicyclic) bond motifs is 1. The molecule has 1 saturated heterocycles. The van der Waals surface area contributed by atoms with Gasteiger partial charge in [0.15, 0.2) is 5.69 Å². The second kappa shape index (κ2) is 4.10. The van der Waals surface area contributed by atoms with E-state index in [4.69, 9.17) is 4.74 Å². The van der Waals surface area contributed by atoms with Crippen LogP contribution in [0.15, 0.2) is 18.3 Å². The molecule has 1 aliphatic heterocycles. The van der Waals surface area contributed by atoms with Gasteiger partial charge in [-0.25, -0.2) is 9.78 Å². The number of pyridine rings is 1. The molecule has 1 unspecified atom stereocenters. The predicted molar refractivity (Wildman–Crippen MR) is 65.1 cm³/mol. The highest BCUT2D eigenvalue weighted by Crippen LogP contribution is 2.27. The van der Waals surface area contributed by atoms with Crippen LogP contribution in [0.3, 0.4) is 0 Å². The third-order valence-corrected chi connectivity index (χ3v) is 3.39. The van der Waals surface area contributed by atoms with E-state index in [-0.39, 0.29) is 11.6 Å². The topological polar surface area (TPSA) is 63.8 Å². The monoisotopic (exact) mass is 246 g/mol. The first kappa shape index (κ1) is 11.2. The third-order valence-electron chi connectivity index (χ3n) is 3.39. The molecule has 0 radical (unpaired) electrons. The van der Waals surface area contributed by atoms with Crippen LogP contribution in [0.4, 0.5) is 0 Å². The van der Waals surface area contributed by atoms with E-state index >= 15 is 0 Å². The maximum atomic E-state index is 11.3. The molecule has 5 nitrogen and oxygen atoms in total. The molecule has 18 heavy (non-hydrogen) atoms. The molecular weight excluding hydrogens is 232 g/mol. The Morgan fingerprint density at radius 3 is 3.11 bits per heavy atom. The number of aromatic carboxylic acids is 1. The zero-order valence-electron chi connectivity index (χ0n) is 10.1. The Kier molecular flexibility index (Phi) is 2.56. The summed E-state index contributed by atoms with van der Waals surface area (Å²) >= 11 is 0. The number of aryl methyl sites for hydroxylation is 1. The molecule has 1 atom stereocenters. The highest BCUT2D eigenvalue weighted by Gasteiger charge is 2.26. The van der Waals surface area contributed by atoms with Crippen LogP contribution in [0, 0.1) is 6.92 Å². The van der Waals surface area contributed by atoms with Gasteiger partial charge in [-0.2, -0.15) is 0 Å². The maximum Gasteiger partial charge on any atom is 0.356 e. The highest BCUT2D eigenvalue weighted by atomic mass is 16.5. The van der Waals surface area contributed by atoms with E-state index in [1.165, 1.54) is 0 Å². The van der Waals surface area contributed by atoms with Gasteiger partial charge in [0, 0.05) is 18.7 Å². The van der Waals surface area contributed by atoms with Crippen LogP contribution < -0.4 is 0 Å². The molecule has 0 aliphatic carbocycles. The van der Waals surface area contributed by atoms with E-state index < -0.39 is 5.97 Å². The van der Waals surface area contributed by atoms with Gasteiger partial charge in [-0.3, -0.25) is 0 Å². The molecule has 1 aliphatic rings. The smallest absolute Gasteiger partial charge is 0.356 e. The van der Waals surface area contributed by atoms with Crippen LogP contribution in [0.5, 0.6) is 0 Å². The van der Waals surface area contributed by atoms with Crippen molar-refractivity contribution in [2.75, 3.05) is 13.2 Å². The number of nitrogens with zero attached hydrogens (tertiary/aromatic N) is 2. The molecule has 0 aromatic carbocycles. The second-order valence-electron chi connectivity index (χ2n) is 4.59. The molecule has 0 spiro atoms. The van der Waals surface area contributed by atoms with Crippen molar-refractivity contribution in [2.24, 2.45) is 0 Å². The van der Waals surface area contributed by atoms with Gasteiger partial charge >= 0.3 is 5.97 Å². The van der Waals surface area contributed by atoms with Crippen LogP contribution in [-0.2, 0) is 4.74 Å². The molecule has 1 fully saturated rings. The van der Waals surface area contributed by atoms with Gasteiger partial charge in [0.1, 0.15) is 5.82 Å². The lowest BCUT2D eigenvalue weighted by Crippen LogP contribution is -2.04. The fourth-order valence-electron chi connectivity index (χ4n) is 2.51. The second-order valence-corrected chi connectivity index (χ2v) is 4.59. The molecule has 94 valence electrons. The lowest BCUT2D eigenvalue weighted by Gasteiger charge is -2.06. The van der Waals surface area contributed by atoms with E-state index in [9.17, 15) is 9.90 Å². The fourth-order valence-corrected chi connectivity index (χ4v) is 2.51. The van der Waals surface area contributed by atoms with Crippen molar-refractivity contribution in [1.29, 1.82) is 0 Å². The van der Waals surface area contributed by atoms with Crippen molar-refractivity contribution >= 4 is 11.5 Å². The molecular formula is C13H14N2O3. The number of aromatic nitrogens is 2. The average Bonchev–Trinajstić information content (AvgIpc) is 2.95. The number of rotatable bonds is 2. The van der Waals surface area contributed by atoms with Gasteiger partial charge in [-0.05, 0) is 25.0 Å². The number of carboxylic acids is 1. The number of ether oxygens (including phenoxy) is 1. The quantitative estimate of drug-likeness (QED) is 0.878. The minimum atomic E-state index is -0.980. The molecule has 3 heterocycles. The number of hydrogen-bond acceptors (Lipinski definition) is 3. The zero-order valence-corrected chi connectivity index (χ0v) is 10.1. The molecule has 3 rings (SSSR count). The van der Waals surface area contributed by atoms with Gasteiger partial charge in [-0.1, -0.05) is 6.07 Å². The fraction of sp³-hybridized carbons (Fsp3) is 0.385. The summed E-state index contributed by atoms with van der Waals surface area (Å²) in [5.74, 6) is 0.00275. The molecule has 5 heteroatoms. The van der Waals surface area contributed by atoms with Crippen LogP contribution in [0.1, 0.15) is 34.2 Å². The Morgan fingerprint density at radius 1 is 1.61 bits per heavy atom. The number of hydrogen-bond donors (Lipinski definition) is 1. The SMILES string of the molecule is Cc1cccn2c(C3CCOC3)nc(C(=O)O)c12. The van der Waals surface area contributed by atoms with E-state index in [2.05, 4.69) is 4.98 Å². The summed E-state index contributed by atoms with van der Waals surface area (Å²) in [6, 6.07) is 3.81. The Hall–Kier alpha value is -1.88. The number of carbonyl (C=O) groups is 1. The summed E-state index contributed by atoms with van der Waals surface area (Å²) in [4.78, 5) is 15.6. The molecule has 2 aromatic heterocycles. The molecule has 0 saturated carbocycles. The highest BCUT2D eigenvalue weighted by molar-refractivity contribution is 5.94. The Bertz CT molecular complexity index is 612. The average molecular weight is 246 g/mol. The summed E-state index contributed by atoms with van der Waals surface area (Å²) in [5, 5.41) is 9.26. The first-order chi connectivity index (χ1) is 8.68. The maximum absolute atomic E-state index is 11.3. The lowest BCUT2D eigenvalue weighted by atomic mass is 10.1. The van der Waals surface area contributed by atoms with E-state index in [0.29, 0.717) is 18.7 Å². The number of imidazole rings is 1. The molecule has 0 bridgehead atoms. The Balaban J connectivity index is 2.26. The van der Waals surface area contributed by atoms with Gasteiger partial charge < -0.3 is 14.2 Å². The van der Waals surface area contributed by atoms with Crippen molar-refractivity contribution in [3.05, 3.63) is 35.4 Å². The van der Waals surface area contributed by atoms with Crippen LogP contribution >= 0.6 is 0 Å². The largest absolute Gasteiger partial charge is 0.476 e. The first-order valence-corrected chi connectivity index (χ1v) is 5.97. The lowest BCUT2D eigenvalue weighted by molar-refractivity contribution is 0.0693. The van der Waals surface area contributed by atoms with E-state index in [1.54, 1.807) is 0 Å². The minimum absolute atomic E-state index is 0.134. The van der Waals surface area contributed by atoms with Crippen molar-refractivity contribution < 1.29 is 14.6 Å². The van der Waals surface area contributed by atoms with Crippen LogP contribution in [0.25, 0.3) is 5.52 Å². The van der Waals surface area contributed by atoms with Crippen LogP contribution in [0.2, 0.25) is 0 Å². The van der Waals surface area contributed by atoms with E-state index in [0.717, 1.165) is 17.8 Å². The summed E-state index contributed by atoms with van der Waals surface area (Å²) in [7, 11) is 0. The summed E-state index contributed by atoms with van der Waals surface area (Å²) in [6.07, 6.45) is 2.77. The van der Waals surface area contributed by atoms with E-state index in [1.807, 2.05) is 29.7 Å². The van der Waals surface area contributed by atoms with Gasteiger partial charge in [0.25, 0.3) is 0 Å². The number of carboxylic acid groups (broad SMARTS) is 1. The van der Waals surface area contributed by atoms with Crippen molar-refractivity contribution in [2.45, 2.75) is 19.3 Å². The predicted octanol–water partition coefficient (Wildman–Crippen LogP) is 1.84. The molecule has 2 aromatic rings. The van der Waals surface area contributed by atoms with Crippen LogP contribution in [-0.4, -0.2) is 33.7 Å². The third kappa shape index (κ3) is 1.59. The first-order valence-electron chi connectivity index (χ1n) is 5.97. The van der Waals surface area contributed by atoms with Crippen molar-refractivity contribution in [3.8, 4) is 0 Å². The van der Waals surface area contributed by atoms with Gasteiger partial charge in [0.2, 0.25) is 0 Å². The summed E-state index contributed by atoms with van der Waals surface area (Å²) < 4.78 is 7.25. The summed E-state index contributed by atoms with van der Waals surface area (Å²) in [6.45, 7) is 3.23. The Morgan fingerprint density at radius 2 is 2.44 bits per heavy atom. The van der Waals surface area contributed by atoms with Gasteiger partial charge in [0.05, 0.1) is 12.1 Å². The standard InChI is InChI=1S/C13H14N2O3/c1-8-3-2-5-15-11(8)10(13(16)17)14-12(15)9-4-6-18-7-9/h2-3,5,9H,4,6-7H2,1H3,(H,16,17). The molecule has 0 amide bonds. The van der Waals surface area contributed by atoms with Gasteiger partial charge in [-0.15, -0.1) is 0 Å². The normalized spacial score (nSPS) is 19.5. The summed E-state index contributed by atoms with van der Waals surface area (Å²) in [5.41, 5.74) is 1.74. The zero-order chi connectivity index (χ0) is 12.7. The van der Waals surface area contributed by atoms with Crippen molar-refractivity contribution in [1.82, 2.24) is 9.38 Å². The molecule has 1 N–H and O–H groups in total. The minimum Gasteiger partial charge on any atom is -0.476 e. The van der Waals surface area contributed by atoms with Crippen molar-refractivity contribution in [3.63, 3.8) is 0 Å². The Labute approximate surface area is 104 Å².